The molecule has 7 heteroatoms. The molecule has 0 spiro atoms. The standard InChI is InChI=1S/C17H26N2O5/c1-13(10-19(12-20)16(22)24-17(2,3)4)18-15(21)23-11-14-8-6-5-7-9-14/h5-9,13,20H,10-12H2,1-4H3,(H,18,21)/t13-/m0/s1. The average molecular weight is 338 g/mol. The van der Waals surface area contributed by atoms with Gasteiger partial charge < -0.3 is 19.9 Å². The van der Waals surface area contributed by atoms with E-state index < -0.39 is 30.6 Å². The molecular weight excluding hydrogens is 312 g/mol. The summed E-state index contributed by atoms with van der Waals surface area (Å²) >= 11 is 0. The smallest absolute Gasteiger partial charge is 0.412 e. The second-order valence-corrected chi connectivity index (χ2v) is 6.45. The highest BCUT2D eigenvalue weighted by Gasteiger charge is 2.23. The van der Waals surface area contributed by atoms with Crippen LogP contribution in [0.3, 0.4) is 0 Å². The van der Waals surface area contributed by atoms with E-state index in [2.05, 4.69) is 5.32 Å². The Morgan fingerprint density at radius 3 is 2.42 bits per heavy atom. The topological polar surface area (TPSA) is 88.1 Å². The summed E-state index contributed by atoms with van der Waals surface area (Å²) in [5.74, 6) is 0. The second-order valence-electron chi connectivity index (χ2n) is 6.45. The van der Waals surface area contributed by atoms with E-state index in [1.807, 2.05) is 30.3 Å². The Hall–Kier alpha value is -2.28. The van der Waals surface area contributed by atoms with E-state index in [9.17, 15) is 14.7 Å². The molecule has 0 saturated carbocycles. The number of amides is 2. The first-order valence-electron chi connectivity index (χ1n) is 7.77. The second kappa shape index (κ2) is 9.12. The molecule has 0 aliphatic rings. The summed E-state index contributed by atoms with van der Waals surface area (Å²) in [6.07, 6.45) is -1.23. The fourth-order valence-electron chi connectivity index (χ4n) is 1.86. The van der Waals surface area contributed by atoms with Gasteiger partial charge in [-0.1, -0.05) is 30.3 Å². The van der Waals surface area contributed by atoms with Gasteiger partial charge in [0.05, 0.1) is 0 Å². The highest BCUT2D eigenvalue weighted by atomic mass is 16.6. The van der Waals surface area contributed by atoms with Crippen LogP contribution in [0, 0.1) is 0 Å². The van der Waals surface area contributed by atoms with Crippen molar-refractivity contribution in [2.24, 2.45) is 0 Å². The Bertz CT molecular complexity index is 528. The van der Waals surface area contributed by atoms with Crippen molar-refractivity contribution in [3.8, 4) is 0 Å². The number of carbonyl (C=O) groups is 2. The van der Waals surface area contributed by atoms with E-state index >= 15 is 0 Å². The number of alkyl carbamates (subject to hydrolysis) is 1. The summed E-state index contributed by atoms with van der Waals surface area (Å²) < 4.78 is 10.3. The van der Waals surface area contributed by atoms with Crippen LogP contribution < -0.4 is 5.32 Å². The first-order valence-corrected chi connectivity index (χ1v) is 7.77. The molecule has 0 bridgehead atoms. The van der Waals surface area contributed by atoms with Crippen LogP contribution in [0.1, 0.15) is 33.3 Å². The lowest BCUT2D eigenvalue weighted by Crippen LogP contribution is -2.46. The Morgan fingerprint density at radius 2 is 1.88 bits per heavy atom. The molecule has 7 nitrogen and oxygen atoms in total. The van der Waals surface area contributed by atoms with Gasteiger partial charge in [0.2, 0.25) is 0 Å². The van der Waals surface area contributed by atoms with Crippen LogP contribution in [0.5, 0.6) is 0 Å². The fourth-order valence-corrected chi connectivity index (χ4v) is 1.86. The summed E-state index contributed by atoms with van der Waals surface area (Å²) in [4.78, 5) is 24.8. The number of nitrogens with one attached hydrogen (secondary N) is 1. The summed E-state index contributed by atoms with van der Waals surface area (Å²) in [6.45, 7) is 6.69. The fraction of sp³-hybridized carbons (Fsp3) is 0.529. The molecule has 2 amide bonds. The zero-order chi connectivity index (χ0) is 18.2. The number of aliphatic hydroxyl groups excluding tert-OH is 1. The molecule has 134 valence electrons. The predicted octanol–water partition coefficient (Wildman–Crippen LogP) is 2.49. The van der Waals surface area contributed by atoms with Crippen molar-refractivity contribution in [2.75, 3.05) is 13.3 Å². The number of carbonyl (C=O) groups excluding carboxylic acids is 2. The Balaban J connectivity index is 2.41. The van der Waals surface area contributed by atoms with E-state index in [4.69, 9.17) is 9.47 Å². The van der Waals surface area contributed by atoms with E-state index in [-0.39, 0.29) is 13.2 Å². The lowest BCUT2D eigenvalue weighted by molar-refractivity contribution is 0.00399. The maximum Gasteiger partial charge on any atom is 0.412 e. The summed E-state index contributed by atoms with van der Waals surface area (Å²) in [5.41, 5.74) is 0.224. The van der Waals surface area contributed by atoms with Crippen molar-refractivity contribution in [1.29, 1.82) is 0 Å². The molecule has 1 atom stereocenters. The van der Waals surface area contributed by atoms with Gasteiger partial charge in [0.25, 0.3) is 0 Å². The van der Waals surface area contributed by atoms with E-state index in [0.717, 1.165) is 10.5 Å². The van der Waals surface area contributed by atoms with Crippen LogP contribution in [0.15, 0.2) is 30.3 Å². The van der Waals surface area contributed by atoms with Crippen LogP contribution in [-0.2, 0) is 16.1 Å². The minimum Gasteiger partial charge on any atom is -0.445 e. The van der Waals surface area contributed by atoms with Gasteiger partial charge in [0.1, 0.15) is 18.9 Å². The molecule has 0 aromatic heterocycles. The molecular formula is C17H26N2O5. The zero-order valence-corrected chi connectivity index (χ0v) is 14.6. The minimum atomic E-state index is -0.657. The van der Waals surface area contributed by atoms with E-state index in [1.54, 1.807) is 27.7 Å². The van der Waals surface area contributed by atoms with Crippen molar-refractivity contribution in [3.63, 3.8) is 0 Å². The Morgan fingerprint density at radius 1 is 1.25 bits per heavy atom. The normalized spacial score (nSPS) is 12.2. The molecule has 1 aromatic rings. The lowest BCUT2D eigenvalue weighted by Gasteiger charge is -2.27. The Kier molecular flexibility index (Phi) is 7.51. The molecule has 24 heavy (non-hydrogen) atoms. The third-order valence-corrected chi connectivity index (χ3v) is 2.89. The molecule has 1 rings (SSSR count). The van der Waals surface area contributed by atoms with Crippen molar-refractivity contribution in [3.05, 3.63) is 35.9 Å². The zero-order valence-electron chi connectivity index (χ0n) is 14.6. The SMILES string of the molecule is C[C@@H](CN(CO)C(=O)OC(C)(C)C)NC(=O)OCc1ccccc1. The number of ether oxygens (including phenoxy) is 2. The maximum absolute atomic E-state index is 11.9. The maximum atomic E-state index is 11.9. The van der Waals surface area contributed by atoms with Gasteiger partial charge in [-0.05, 0) is 33.3 Å². The molecule has 0 aliphatic carbocycles. The van der Waals surface area contributed by atoms with Gasteiger partial charge in [-0.3, -0.25) is 4.90 Å². The van der Waals surface area contributed by atoms with Crippen LogP contribution in [0.25, 0.3) is 0 Å². The summed E-state index contributed by atoms with van der Waals surface area (Å²) in [7, 11) is 0. The average Bonchev–Trinajstić information content (AvgIpc) is 2.49. The first-order chi connectivity index (χ1) is 11.2. The largest absolute Gasteiger partial charge is 0.445 e. The molecule has 0 saturated heterocycles. The van der Waals surface area contributed by atoms with Crippen molar-refractivity contribution in [1.82, 2.24) is 10.2 Å². The molecule has 0 fully saturated rings. The van der Waals surface area contributed by atoms with Gasteiger partial charge in [0.15, 0.2) is 0 Å². The highest BCUT2D eigenvalue weighted by Crippen LogP contribution is 2.10. The number of aliphatic hydroxyl groups is 1. The Labute approximate surface area is 142 Å². The first kappa shape index (κ1) is 19.8. The van der Waals surface area contributed by atoms with Gasteiger partial charge in [0, 0.05) is 12.6 Å². The predicted molar refractivity (Wildman–Crippen MR) is 89.3 cm³/mol. The van der Waals surface area contributed by atoms with Crippen LogP contribution in [0.4, 0.5) is 9.59 Å². The van der Waals surface area contributed by atoms with Gasteiger partial charge >= 0.3 is 12.2 Å². The van der Waals surface area contributed by atoms with Crippen molar-refractivity contribution < 1.29 is 24.2 Å². The molecule has 0 aliphatic heterocycles. The number of benzene rings is 1. The molecule has 0 unspecified atom stereocenters. The highest BCUT2D eigenvalue weighted by molar-refractivity contribution is 5.69. The van der Waals surface area contributed by atoms with Crippen LogP contribution in [0.2, 0.25) is 0 Å². The van der Waals surface area contributed by atoms with Gasteiger partial charge in [-0.25, -0.2) is 9.59 Å². The van der Waals surface area contributed by atoms with Crippen molar-refractivity contribution in [2.45, 2.75) is 45.9 Å². The van der Waals surface area contributed by atoms with Gasteiger partial charge in [-0.2, -0.15) is 0 Å². The minimum absolute atomic E-state index is 0.103. The summed E-state index contributed by atoms with van der Waals surface area (Å²) in [5, 5.41) is 11.9. The quantitative estimate of drug-likeness (QED) is 0.778. The monoisotopic (exact) mass is 338 g/mol. The molecule has 0 radical (unpaired) electrons. The van der Waals surface area contributed by atoms with Crippen LogP contribution >= 0.6 is 0 Å². The third-order valence-electron chi connectivity index (χ3n) is 2.89. The number of hydrogen-bond donors (Lipinski definition) is 2. The molecule has 0 heterocycles. The molecule has 2 N–H and O–H groups in total. The number of rotatable bonds is 6. The lowest BCUT2D eigenvalue weighted by atomic mass is 10.2. The van der Waals surface area contributed by atoms with E-state index in [0.29, 0.717) is 0 Å². The summed E-state index contributed by atoms with van der Waals surface area (Å²) in [6, 6.07) is 8.90. The van der Waals surface area contributed by atoms with Gasteiger partial charge in [-0.15, -0.1) is 0 Å². The number of nitrogens with zero attached hydrogens (tertiary/aromatic N) is 1. The molecule has 1 aromatic carbocycles. The third kappa shape index (κ3) is 7.82. The van der Waals surface area contributed by atoms with Crippen LogP contribution in [-0.4, -0.2) is 47.1 Å². The van der Waals surface area contributed by atoms with E-state index in [1.165, 1.54) is 0 Å². The van der Waals surface area contributed by atoms with Crippen molar-refractivity contribution >= 4 is 12.2 Å². The number of hydrogen-bond acceptors (Lipinski definition) is 5.